The summed E-state index contributed by atoms with van der Waals surface area (Å²) >= 11 is 7.80. The largest absolute Gasteiger partial charge is 0.487 e. The van der Waals surface area contributed by atoms with Gasteiger partial charge in [0.05, 0.1) is 23.2 Å². The van der Waals surface area contributed by atoms with Gasteiger partial charge in [0, 0.05) is 21.4 Å². The molecular formula is C32H34ClNO4S. The number of halogens is 1. The number of nitrogens with zero attached hydrogens (tertiary/aromatic N) is 1. The van der Waals surface area contributed by atoms with Gasteiger partial charge in [0.2, 0.25) is 0 Å². The fourth-order valence-electron chi connectivity index (χ4n) is 4.46. The van der Waals surface area contributed by atoms with Crippen LogP contribution in [0.4, 0.5) is 0 Å². The van der Waals surface area contributed by atoms with E-state index >= 15 is 0 Å². The zero-order valence-corrected chi connectivity index (χ0v) is 23.8. The lowest BCUT2D eigenvalue weighted by molar-refractivity contribution is -0.140. The van der Waals surface area contributed by atoms with Gasteiger partial charge in [-0.1, -0.05) is 67.1 Å². The maximum atomic E-state index is 11.5. The quantitative estimate of drug-likeness (QED) is 0.175. The van der Waals surface area contributed by atoms with Crippen molar-refractivity contribution >= 4 is 40.2 Å². The third kappa shape index (κ3) is 8.46. The van der Waals surface area contributed by atoms with E-state index in [0.29, 0.717) is 23.8 Å². The standard InChI is InChI=1S/C32H34ClNO4S/c1-21(32(36)37)20-39-31(15-12-23-6-3-4-7-25(23)16-22(2)35)26-8-5-9-29(17-26)38-19-28-14-11-24-10-13-27(33)18-30(24)34-28/h3-11,13-14,17-18,21-22,31,35H,12,15-16,19-20H2,1-2H3,(H,36,37). The number of ether oxygens (including phenoxy) is 1. The van der Waals surface area contributed by atoms with Gasteiger partial charge in [-0.15, -0.1) is 0 Å². The maximum absolute atomic E-state index is 11.5. The third-order valence-corrected chi connectivity index (χ3v) is 8.44. The third-order valence-electron chi connectivity index (χ3n) is 6.61. The van der Waals surface area contributed by atoms with Gasteiger partial charge >= 0.3 is 5.97 Å². The lowest BCUT2D eigenvalue weighted by Gasteiger charge is -2.20. The zero-order chi connectivity index (χ0) is 27.8. The first kappa shape index (κ1) is 28.9. The number of carboxylic acid groups (broad SMARTS) is 1. The molecule has 3 atom stereocenters. The molecule has 4 rings (SSSR count). The number of aliphatic hydroxyl groups excluding tert-OH is 1. The molecule has 7 heteroatoms. The molecule has 0 fully saturated rings. The topological polar surface area (TPSA) is 79.7 Å². The number of carbonyl (C=O) groups is 1. The highest BCUT2D eigenvalue weighted by Gasteiger charge is 2.19. The van der Waals surface area contributed by atoms with Crippen LogP contribution >= 0.6 is 23.4 Å². The van der Waals surface area contributed by atoms with Crippen molar-refractivity contribution in [1.29, 1.82) is 0 Å². The van der Waals surface area contributed by atoms with Gasteiger partial charge < -0.3 is 14.9 Å². The van der Waals surface area contributed by atoms with E-state index in [1.807, 2.05) is 60.7 Å². The van der Waals surface area contributed by atoms with E-state index in [1.165, 1.54) is 5.56 Å². The predicted octanol–water partition coefficient (Wildman–Crippen LogP) is 7.52. The SMILES string of the molecule is CC(O)Cc1ccccc1CCC(SCC(C)C(=O)O)c1cccc(OCc2ccc3ccc(Cl)cc3n2)c1. The van der Waals surface area contributed by atoms with Crippen LogP contribution in [0, 0.1) is 5.92 Å². The first-order valence-electron chi connectivity index (χ1n) is 13.2. The van der Waals surface area contributed by atoms with Gasteiger partial charge in [-0.3, -0.25) is 4.79 Å². The van der Waals surface area contributed by atoms with Crippen molar-refractivity contribution in [2.45, 2.75) is 51.1 Å². The van der Waals surface area contributed by atoms with Gasteiger partial charge in [-0.05, 0) is 73.2 Å². The Hall–Kier alpha value is -3.06. The Morgan fingerprint density at radius 1 is 1.00 bits per heavy atom. The average molecular weight is 564 g/mol. The van der Waals surface area contributed by atoms with E-state index in [-0.39, 0.29) is 5.25 Å². The highest BCUT2D eigenvalue weighted by molar-refractivity contribution is 7.99. The number of aryl methyl sites for hydroxylation is 1. The first-order chi connectivity index (χ1) is 18.8. The molecule has 0 saturated heterocycles. The Morgan fingerprint density at radius 3 is 2.54 bits per heavy atom. The molecule has 4 aromatic rings. The number of rotatable bonds is 13. The molecule has 0 aliphatic rings. The van der Waals surface area contributed by atoms with Crippen molar-refractivity contribution < 1.29 is 19.7 Å². The van der Waals surface area contributed by atoms with E-state index < -0.39 is 18.0 Å². The highest BCUT2D eigenvalue weighted by Crippen LogP contribution is 2.36. The number of thioether (sulfide) groups is 1. The predicted molar refractivity (Wildman–Crippen MR) is 160 cm³/mol. The van der Waals surface area contributed by atoms with Gasteiger partial charge in [0.15, 0.2) is 0 Å². The number of hydrogen-bond acceptors (Lipinski definition) is 5. The number of aliphatic hydroxyl groups is 1. The molecule has 0 aliphatic carbocycles. The summed E-state index contributed by atoms with van der Waals surface area (Å²) in [6, 6.07) is 25.9. The molecule has 204 valence electrons. The fourth-order valence-corrected chi connectivity index (χ4v) is 5.91. The second-order valence-electron chi connectivity index (χ2n) is 9.92. The fraction of sp³-hybridized carbons (Fsp3) is 0.312. The van der Waals surface area contributed by atoms with E-state index in [1.54, 1.807) is 25.6 Å². The molecule has 3 unspecified atom stereocenters. The van der Waals surface area contributed by atoms with Crippen LogP contribution in [-0.2, 0) is 24.2 Å². The minimum Gasteiger partial charge on any atom is -0.487 e. The summed E-state index contributed by atoms with van der Waals surface area (Å²) in [5.41, 5.74) is 5.10. The normalized spacial score (nSPS) is 13.6. The highest BCUT2D eigenvalue weighted by atomic mass is 35.5. The Kier molecular flexibility index (Phi) is 10.3. The van der Waals surface area contributed by atoms with Crippen LogP contribution in [0.3, 0.4) is 0 Å². The summed E-state index contributed by atoms with van der Waals surface area (Å²) in [5.74, 6) is 0.0351. The van der Waals surface area contributed by atoms with Crippen molar-refractivity contribution in [3.63, 3.8) is 0 Å². The van der Waals surface area contributed by atoms with Crippen molar-refractivity contribution in [3.05, 3.63) is 106 Å². The van der Waals surface area contributed by atoms with E-state index in [9.17, 15) is 15.0 Å². The van der Waals surface area contributed by atoms with Crippen molar-refractivity contribution in [2.24, 2.45) is 5.92 Å². The maximum Gasteiger partial charge on any atom is 0.307 e. The number of fused-ring (bicyclic) bond motifs is 1. The molecule has 0 aliphatic heterocycles. The molecule has 0 amide bonds. The number of hydrogen-bond donors (Lipinski definition) is 2. The van der Waals surface area contributed by atoms with Crippen LogP contribution in [0.1, 0.15) is 47.9 Å². The van der Waals surface area contributed by atoms with Crippen molar-refractivity contribution in [2.75, 3.05) is 5.75 Å². The Balaban J connectivity index is 1.49. The lowest BCUT2D eigenvalue weighted by atomic mass is 9.96. The molecule has 5 nitrogen and oxygen atoms in total. The molecule has 39 heavy (non-hydrogen) atoms. The van der Waals surface area contributed by atoms with Crippen LogP contribution in [0.15, 0.2) is 78.9 Å². The average Bonchev–Trinajstić information content (AvgIpc) is 2.92. The molecule has 0 saturated carbocycles. The van der Waals surface area contributed by atoms with E-state index in [4.69, 9.17) is 16.3 Å². The minimum absolute atomic E-state index is 0.0934. The van der Waals surface area contributed by atoms with Crippen LogP contribution in [0.2, 0.25) is 5.02 Å². The van der Waals surface area contributed by atoms with Gasteiger partial charge in [0.25, 0.3) is 0 Å². The van der Waals surface area contributed by atoms with Crippen LogP contribution < -0.4 is 4.74 Å². The molecule has 2 N–H and O–H groups in total. The van der Waals surface area contributed by atoms with Crippen LogP contribution in [0.25, 0.3) is 10.9 Å². The number of carboxylic acids is 1. The van der Waals surface area contributed by atoms with Crippen molar-refractivity contribution in [3.8, 4) is 5.75 Å². The molecule has 3 aromatic carbocycles. The van der Waals surface area contributed by atoms with E-state index in [0.717, 1.165) is 46.3 Å². The smallest absolute Gasteiger partial charge is 0.307 e. The summed E-state index contributed by atoms with van der Waals surface area (Å²) < 4.78 is 6.12. The number of aliphatic carboxylic acids is 1. The Labute approximate surface area is 239 Å². The second kappa shape index (κ2) is 13.8. The second-order valence-corrected chi connectivity index (χ2v) is 11.6. The van der Waals surface area contributed by atoms with E-state index in [2.05, 4.69) is 23.2 Å². The van der Waals surface area contributed by atoms with Gasteiger partial charge in [0.1, 0.15) is 12.4 Å². The Morgan fingerprint density at radius 2 is 1.77 bits per heavy atom. The molecule has 1 heterocycles. The van der Waals surface area contributed by atoms with Crippen LogP contribution in [-0.4, -0.2) is 33.0 Å². The summed E-state index contributed by atoms with van der Waals surface area (Å²) in [4.78, 5) is 16.2. The monoisotopic (exact) mass is 563 g/mol. The van der Waals surface area contributed by atoms with Crippen LogP contribution in [0.5, 0.6) is 5.75 Å². The summed E-state index contributed by atoms with van der Waals surface area (Å²) in [6.45, 7) is 3.87. The zero-order valence-electron chi connectivity index (χ0n) is 22.2. The first-order valence-corrected chi connectivity index (χ1v) is 14.6. The van der Waals surface area contributed by atoms with Gasteiger partial charge in [-0.25, -0.2) is 4.98 Å². The lowest BCUT2D eigenvalue weighted by Crippen LogP contribution is -2.13. The van der Waals surface area contributed by atoms with Crippen molar-refractivity contribution in [1.82, 2.24) is 4.98 Å². The number of benzene rings is 3. The minimum atomic E-state index is -0.787. The van der Waals surface area contributed by atoms with Gasteiger partial charge in [-0.2, -0.15) is 11.8 Å². The summed E-state index contributed by atoms with van der Waals surface area (Å²) in [7, 11) is 0. The molecule has 0 radical (unpaired) electrons. The number of pyridine rings is 1. The molecular weight excluding hydrogens is 530 g/mol. The molecule has 1 aromatic heterocycles. The molecule has 0 spiro atoms. The molecule has 0 bridgehead atoms. The Bertz CT molecular complexity index is 1410. The number of aromatic nitrogens is 1. The summed E-state index contributed by atoms with van der Waals surface area (Å²) in [5, 5.41) is 21.1. The summed E-state index contributed by atoms with van der Waals surface area (Å²) in [6.07, 6.45) is 1.87.